The van der Waals surface area contributed by atoms with Crippen molar-refractivity contribution in [2.24, 2.45) is 11.3 Å². The maximum absolute atomic E-state index is 12.6. The molecule has 2 heterocycles. The summed E-state index contributed by atoms with van der Waals surface area (Å²) in [6, 6.07) is 5.40. The van der Waals surface area contributed by atoms with Crippen LogP contribution in [0.25, 0.3) is 0 Å². The third-order valence-electron chi connectivity index (χ3n) is 4.78. The average molecular weight is 343 g/mol. The Morgan fingerprint density at radius 3 is 2.76 bits per heavy atom. The van der Waals surface area contributed by atoms with Crippen LogP contribution in [-0.4, -0.2) is 35.7 Å². The number of anilines is 1. The van der Waals surface area contributed by atoms with Crippen molar-refractivity contribution in [3.63, 3.8) is 0 Å². The molecule has 2 N–H and O–H groups in total. The second-order valence-corrected chi connectivity index (χ2v) is 7.88. The number of rotatable bonds is 2. The van der Waals surface area contributed by atoms with Gasteiger partial charge in [-0.15, -0.1) is 0 Å². The zero-order valence-electron chi connectivity index (χ0n) is 15.0. The van der Waals surface area contributed by atoms with E-state index in [2.05, 4.69) is 10.6 Å². The fraction of sp³-hybridized carbons (Fsp3) is 0.526. The van der Waals surface area contributed by atoms with E-state index in [1.165, 1.54) is 0 Å². The number of carbonyl (C=O) groups is 3. The molecule has 1 saturated heterocycles. The zero-order chi connectivity index (χ0) is 18.2. The Morgan fingerprint density at radius 2 is 2.04 bits per heavy atom. The van der Waals surface area contributed by atoms with Crippen molar-refractivity contribution >= 4 is 23.4 Å². The number of piperidine rings is 1. The lowest BCUT2D eigenvalue weighted by Crippen LogP contribution is -2.47. The monoisotopic (exact) mass is 343 g/mol. The van der Waals surface area contributed by atoms with Gasteiger partial charge in [0.2, 0.25) is 11.8 Å². The quantitative estimate of drug-likeness (QED) is 0.864. The predicted molar refractivity (Wildman–Crippen MR) is 95.0 cm³/mol. The van der Waals surface area contributed by atoms with Gasteiger partial charge in [-0.1, -0.05) is 26.8 Å². The predicted octanol–water partition coefficient (Wildman–Crippen LogP) is 2.15. The number of benzene rings is 1. The molecule has 0 aromatic heterocycles. The van der Waals surface area contributed by atoms with E-state index in [1.807, 2.05) is 32.9 Å². The fourth-order valence-electron chi connectivity index (χ4n) is 3.38. The van der Waals surface area contributed by atoms with E-state index < -0.39 is 5.41 Å². The first-order chi connectivity index (χ1) is 11.8. The first-order valence-electron chi connectivity index (χ1n) is 8.77. The Bertz CT molecular complexity index is 721. The zero-order valence-corrected chi connectivity index (χ0v) is 15.0. The number of carbonyl (C=O) groups excluding carboxylic acids is 3. The minimum Gasteiger partial charge on any atom is -0.348 e. The third kappa shape index (κ3) is 3.67. The molecular formula is C19H25N3O3. The van der Waals surface area contributed by atoms with Crippen LogP contribution in [0.1, 0.15) is 49.5 Å². The van der Waals surface area contributed by atoms with E-state index in [4.69, 9.17) is 0 Å². The molecule has 6 heteroatoms. The lowest BCUT2D eigenvalue weighted by molar-refractivity contribution is -0.142. The minimum atomic E-state index is -0.439. The third-order valence-corrected chi connectivity index (χ3v) is 4.78. The van der Waals surface area contributed by atoms with Gasteiger partial charge in [-0.25, -0.2) is 0 Å². The second-order valence-electron chi connectivity index (χ2n) is 7.88. The molecule has 25 heavy (non-hydrogen) atoms. The number of hydrogen-bond acceptors (Lipinski definition) is 3. The highest BCUT2D eigenvalue weighted by Crippen LogP contribution is 2.25. The Morgan fingerprint density at radius 1 is 1.28 bits per heavy atom. The normalized spacial score (nSPS) is 20.0. The van der Waals surface area contributed by atoms with Crippen LogP contribution >= 0.6 is 0 Å². The van der Waals surface area contributed by atoms with Crippen LogP contribution in [0, 0.1) is 11.3 Å². The van der Waals surface area contributed by atoms with Crippen molar-refractivity contribution < 1.29 is 14.4 Å². The molecule has 1 fully saturated rings. The molecule has 134 valence electrons. The summed E-state index contributed by atoms with van der Waals surface area (Å²) in [7, 11) is 0. The van der Waals surface area contributed by atoms with E-state index in [9.17, 15) is 14.4 Å². The molecule has 2 aliphatic heterocycles. The van der Waals surface area contributed by atoms with Gasteiger partial charge in [0.25, 0.3) is 5.91 Å². The number of nitrogens with one attached hydrogen (secondary N) is 2. The summed E-state index contributed by atoms with van der Waals surface area (Å²) in [6.07, 6.45) is 1.59. The average Bonchev–Trinajstić information content (AvgIpc) is 2.94. The molecule has 1 atom stereocenters. The molecule has 0 aliphatic carbocycles. The van der Waals surface area contributed by atoms with E-state index in [1.54, 1.807) is 11.0 Å². The Hall–Kier alpha value is -2.37. The van der Waals surface area contributed by atoms with Crippen LogP contribution < -0.4 is 10.6 Å². The Labute approximate surface area is 148 Å². The molecule has 3 amide bonds. The molecular weight excluding hydrogens is 318 g/mol. The minimum absolute atomic E-state index is 0.0826. The highest BCUT2D eigenvalue weighted by atomic mass is 16.2. The standard InChI is InChI=1S/C19H25N3O3/c1-19(2,3)18(25)22-8-4-5-13(11-22)16(23)21-14-7-6-12-10-20-17(24)15(12)9-14/h6-7,9,13H,4-5,8,10-11H2,1-3H3,(H,20,24)(H,21,23). The van der Waals surface area contributed by atoms with Gasteiger partial charge in [0.15, 0.2) is 0 Å². The van der Waals surface area contributed by atoms with Crippen LogP contribution in [0.5, 0.6) is 0 Å². The number of likely N-dealkylation sites (tertiary alicyclic amines) is 1. The number of fused-ring (bicyclic) bond motifs is 1. The Balaban J connectivity index is 1.66. The van der Waals surface area contributed by atoms with Crippen molar-refractivity contribution in [1.82, 2.24) is 10.2 Å². The molecule has 2 aliphatic rings. The van der Waals surface area contributed by atoms with Gasteiger partial charge in [0, 0.05) is 36.3 Å². The molecule has 0 bridgehead atoms. The maximum Gasteiger partial charge on any atom is 0.251 e. The fourth-order valence-corrected chi connectivity index (χ4v) is 3.38. The van der Waals surface area contributed by atoms with E-state index in [0.717, 1.165) is 18.4 Å². The highest BCUT2D eigenvalue weighted by molar-refractivity contribution is 6.00. The van der Waals surface area contributed by atoms with Gasteiger partial charge in [-0.2, -0.15) is 0 Å². The summed E-state index contributed by atoms with van der Waals surface area (Å²) >= 11 is 0. The van der Waals surface area contributed by atoms with Crippen LogP contribution in [0.2, 0.25) is 0 Å². The molecule has 0 saturated carbocycles. The van der Waals surface area contributed by atoms with Gasteiger partial charge in [0.05, 0.1) is 5.92 Å². The maximum atomic E-state index is 12.6. The van der Waals surface area contributed by atoms with E-state index in [-0.39, 0.29) is 23.6 Å². The van der Waals surface area contributed by atoms with Crippen LogP contribution in [0.4, 0.5) is 5.69 Å². The highest BCUT2D eigenvalue weighted by Gasteiger charge is 2.33. The van der Waals surface area contributed by atoms with E-state index >= 15 is 0 Å². The summed E-state index contributed by atoms with van der Waals surface area (Å²) in [5, 5.41) is 5.67. The lowest BCUT2D eigenvalue weighted by atomic mass is 9.91. The van der Waals surface area contributed by atoms with E-state index in [0.29, 0.717) is 30.9 Å². The van der Waals surface area contributed by atoms with Crippen molar-refractivity contribution in [3.05, 3.63) is 29.3 Å². The van der Waals surface area contributed by atoms with Crippen LogP contribution in [0.15, 0.2) is 18.2 Å². The number of hydrogen-bond donors (Lipinski definition) is 2. The van der Waals surface area contributed by atoms with Crippen molar-refractivity contribution in [2.75, 3.05) is 18.4 Å². The molecule has 3 rings (SSSR count). The van der Waals surface area contributed by atoms with Gasteiger partial charge in [0.1, 0.15) is 0 Å². The summed E-state index contributed by atoms with van der Waals surface area (Å²) in [5.41, 5.74) is 1.75. The lowest BCUT2D eigenvalue weighted by Gasteiger charge is -2.35. The summed E-state index contributed by atoms with van der Waals surface area (Å²) < 4.78 is 0. The number of amides is 3. The SMILES string of the molecule is CC(C)(C)C(=O)N1CCCC(C(=O)Nc2ccc3c(c2)C(=O)NC3)C1. The first-order valence-corrected chi connectivity index (χ1v) is 8.77. The van der Waals surface area contributed by atoms with Gasteiger partial charge in [-0.05, 0) is 30.5 Å². The largest absolute Gasteiger partial charge is 0.348 e. The molecule has 1 aromatic carbocycles. The molecule has 6 nitrogen and oxygen atoms in total. The van der Waals surface area contributed by atoms with Gasteiger partial charge in [-0.3, -0.25) is 14.4 Å². The van der Waals surface area contributed by atoms with Gasteiger partial charge < -0.3 is 15.5 Å². The molecule has 1 unspecified atom stereocenters. The summed E-state index contributed by atoms with van der Waals surface area (Å²) in [5.74, 6) is -0.336. The second kappa shape index (κ2) is 6.50. The van der Waals surface area contributed by atoms with Crippen LogP contribution in [0.3, 0.4) is 0 Å². The van der Waals surface area contributed by atoms with Crippen LogP contribution in [-0.2, 0) is 16.1 Å². The smallest absolute Gasteiger partial charge is 0.251 e. The van der Waals surface area contributed by atoms with Crippen molar-refractivity contribution in [2.45, 2.75) is 40.2 Å². The summed E-state index contributed by atoms with van der Waals surface area (Å²) in [6.45, 7) is 7.39. The molecule has 0 spiro atoms. The summed E-state index contributed by atoms with van der Waals surface area (Å²) in [4.78, 5) is 38.6. The first kappa shape index (κ1) is 17.5. The molecule has 1 aromatic rings. The van der Waals surface area contributed by atoms with Crippen molar-refractivity contribution in [3.8, 4) is 0 Å². The van der Waals surface area contributed by atoms with Crippen molar-refractivity contribution in [1.29, 1.82) is 0 Å². The molecule has 0 radical (unpaired) electrons. The topological polar surface area (TPSA) is 78.5 Å². The Kier molecular flexibility index (Phi) is 4.54. The number of nitrogens with zero attached hydrogens (tertiary/aromatic N) is 1. The van der Waals surface area contributed by atoms with Gasteiger partial charge >= 0.3 is 0 Å².